The van der Waals surface area contributed by atoms with Gasteiger partial charge in [-0.15, -0.1) is 0 Å². The Morgan fingerprint density at radius 1 is 1.12 bits per heavy atom. The van der Waals surface area contributed by atoms with Crippen LogP contribution in [0.15, 0.2) is 48.7 Å². The Labute approximate surface area is 192 Å². The highest BCUT2D eigenvalue weighted by Gasteiger charge is 2.21. The van der Waals surface area contributed by atoms with Crippen LogP contribution in [0.4, 0.5) is 0 Å². The van der Waals surface area contributed by atoms with Gasteiger partial charge in [-0.2, -0.15) is 0 Å². The van der Waals surface area contributed by atoms with Crippen molar-refractivity contribution in [1.29, 1.82) is 0 Å². The van der Waals surface area contributed by atoms with Crippen LogP contribution < -0.4 is 10.1 Å². The molecule has 33 heavy (non-hydrogen) atoms. The van der Waals surface area contributed by atoms with Gasteiger partial charge in [-0.05, 0) is 56.5 Å². The fourth-order valence-corrected chi connectivity index (χ4v) is 4.16. The first kappa shape index (κ1) is 21.2. The Balaban J connectivity index is 1.43. The number of aryl methyl sites for hydroxylation is 1. The fraction of sp³-hybridized carbons (Fsp3) is 0.259. The minimum absolute atomic E-state index is 0.00254. The number of aromatic nitrogens is 2. The molecule has 1 aliphatic rings. The number of carbonyl (C=O) groups is 1. The van der Waals surface area contributed by atoms with Crippen LogP contribution in [0.2, 0.25) is 0 Å². The number of H-pyrrole nitrogens is 1. The molecule has 0 aliphatic carbocycles. The second-order valence-electron chi connectivity index (χ2n) is 9.16. The number of aliphatic hydroxyl groups is 1. The minimum Gasteiger partial charge on any atom is -0.491 e. The predicted molar refractivity (Wildman–Crippen MR) is 131 cm³/mol. The lowest BCUT2D eigenvalue weighted by atomic mass is 10.0. The van der Waals surface area contributed by atoms with E-state index in [0.717, 1.165) is 62.8 Å². The molecule has 168 valence electrons. The molecule has 0 bridgehead atoms. The number of aromatic amines is 1. The molecular formula is C27H27N3O3. The Kier molecular flexibility index (Phi) is 5.38. The molecule has 0 radical (unpaired) electrons. The second-order valence-corrected chi connectivity index (χ2v) is 9.16. The summed E-state index contributed by atoms with van der Waals surface area (Å²) in [5.74, 6) is 0.716. The molecule has 0 unspecified atom stereocenters. The van der Waals surface area contributed by atoms with Crippen LogP contribution in [0, 0.1) is 0 Å². The molecule has 2 aromatic heterocycles. The molecule has 0 spiro atoms. The number of rotatable bonds is 5. The fourth-order valence-electron chi connectivity index (χ4n) is 4.16. The summed E-state index contributed by atoms with van der Waals surface area (Å²) in [7, 11) is 0. The van der Waals surface area contributed by atoms with E-state index in [0.29, 0.717) is 6.54 Å². The zero-order valence-electron chi connectivity index (χ0n) is 18.8. The maximum Gasteiger partial charge on any atom is 0.253 e. The first-order valence-electron chi connectivity index (χ1n) is 11.2. The van der Waals surface area contributed by atoms with Crippen molar-refractivity contribution in [3.63, 3.8) is 0 Å². The van der Waals surface area contributed by atoms with Crippen molar-refractivity contribution in [2.24, 2.45) is 0 Å². The van der Waals surface area contributed by atoms with Crippen LogP contribution in [0.25, 0.3) is 33.8 Å². The summed E-state index contributed by atoms with van der Waals surface area (Å²) < 4.78 is 5.61. The van der Waals surface area contributed by atoms with Gasteiger partial charge in [-0.3, -0.25) is 9.78 Å². The van der Waals surface area contributed by atoms with Crippen molar-refractivity contribution in [1.82, 2.24) is 15.3 Å². The van der Waals surface area contributed by atoms with E-state index in [1.807, 2.05) is 54.7 Å². The van der Waals surface area contributed by atoms with Gasteiger partial charge in [-0.1, -0.05) is 30.3 Å². The van der Waals surface area contributed by atoms with Crippen molar-refractivity contribution >= 4 is 39.7 Å². The van der Waals surface area contributed by atoms with Crippen LogP contribution in [0.5, 0.6) is 5.75 Å². The van der Waals surface area contributed by atoms with Crippen molar-refractivity contribution < 1.29 is 14.6 Å². The van der Waals surface area contributed by atoms with Gasteiger partial charge >= 0.3 is 0 Å². The summed E-state index contributed by atoms with van der Waals surface area (Å²) >= 11 is 0. The monoisotopic (exact) mass is 441 g/mol. The molecule has 6 heteroatoms. The Morgan fingerprint density at radius 3 is 2.73 bits per heavy atom. The van der Waals surface area contributed by atoms with Gasteiger partial charge in [0.2, 0.25) is 0 Å². The molecule has 4 aromatic rings. The smallest absolute Gasteiger partial charge is 0.253 e. The number of nitrogens with zero attached hydrogens (tertiary/aromatic N) is 1. The summed E-state index contributed by atoms with van der Waals surface area (Å²) in [5, 5.41) is 15.8. The number of pyridine rings is 1. The number of carbonyl (C=O) groups excluding carboxylic acids is 1. The van der Waals surface area contributed by atoms with Gasteiger partial charge in [0.15, 0.2) is 0 Å². The summed E-state index contributed by atoms with van der Waals surface area (Å²) in [6.07, 6.45) is 7.64. The highest BCUT2D eigenvalue weighted by atomic mass is 16.5. The Bertz CT molecular complexity index is 1360. The van der Waals surface area contributed by atoms with Gasteiger partial charge in [0.1, 0.15) is 12.4 Å². The number of ether oxygens (including phenoxy) is 1. The highest BCUT2D eigenvalue weighted by molar-refractivity contribution is 6.15. The van der Waals surface area contributed by atoms with E-state index in [9.17, 15) is 9.90 Å². The second kappa shape index (κ2) is 8.37. The van der Waals surface area contributed by atoms with Crippen molar-refractivity contribution in [3.8, 4) is 5.75 Å². The first-order chi connectivity index (χ1) is 15.9. The maximum absolute atomic E-state index is 12.6. The lowest BCUT2D eigenvalue weighted by Crippen LogP contribution is -2.27. The molecule has 5 rings (SSSR count). The lowest BCUT2D eigenvalue weighted by molar-refractivity contribution is 0.0285. The minimum atomic E-state index is -0.868. The number of hydrogen-bond donors (Lipinski definition) is 3. The van der Waals surface area contributed by atoms with Gasteiger partial charge in [0, 0.05) is 34.6 Å². The first-order valence-corrected chi connectivity index (χ1v) is 11.2. The Hall–Kier alpha value is -3.64. The summed E-state index contributed by atoms with van der Waals surface area (Å²) in [6.45, 7) is 4.38. The van der Waals surface area contributed by atoms with Crippen LogP contribution in [0.1, 0.15) is 47.6 Å². The topological polar surface area (TPSA) is 87.2 Å². The van der Waals surface area contributed by atoms with E-state index in [1.54, 1.807) is 13.8 Å². The number of nitrogens with one attached hydrogen (secondary N) is 2. The molecule has 3 heterocycles. The largest absolute Gasteiger partial charge is 0.491 e. The molecule has 3 N–H and O–H groups in total. The van der Waals surface area contributed by atoms with E-state index in [2.05, 4.69) is 21.4 Å². The molecule has 2 aromatic carbocycles. The summed E-state index contributed by atoms with van der Waals surface area (Å²) in [4.78, 5) is 20.7. The normalized spacial score (nSPS) is 14.5. The summed E-state index contributed by atoms with van der Waals surface area (Å²) in [5.41, 5.74) is 3.76. The third-order valence-electron chi connectivity index (χ3n) is 5.81. The van der Waals surface area contributed by atoms with E-state index in [-0.39, 0.29) is 12.5 Å². The third-order valence-corrected chi connectivity index (χ3v) is 5.81. The lowest BCUT2D eigenvalue weighted by Gasteiger charge is -2.17. The average Bonchev–Trinajstić information content (AvgIpc) is 3.08. The van der Waals surface area contributed by atoms with E-state index in [1.165, 1.54) is 0 Å². The van der Waals surface area contributed by atoms with Crippen LogP contribution >= 0.6 is 0 Å². The van der Waals surface area contributed by atoms with Crippen molar-refractivity contribution in [2.75, 3.05) is 13.2 Å². The molecule has 0 fully saturated rings. The van der Waals surface area contributed by atoms with Gasteiger partial charge in [0.25, 0.3) is 5.91 Å². The Morgan fingerprint density at radius 2 is 1.94 bits per heavy atom. The van der Waals surface area contributed by atoms with Gasteiger partial charge in [-0.25, -0.2) is 0 Å². The van der Waals surface area contributed by atoms with Crippen LogP contribution in [0.3, 0.4) is 0 Å². The van der Waals surface area contributed by atoms with Crippen LogP contribution in [-0.4, -0.2) is 39.7 Å². The molecule has 1 amide bonds. The zero-order chi connectivity index (χ0) is 23.0. The summed E-state index contributed by atoms with van der Waals surface area (Å²) in [6, 6.07) is 13.8. The number of fused-ring (bicyclic) bond motifs is 5. The molecule has 0 saturated carbocycles. The quantitative estimate of drug-likeness (QED) is 0.419. The molecular weight excluding hydrogens is 414 g/mol. The van der Waals surface area contributed by atoms with E-state index < -0.39 is 5.60 Å². The highest BCUT2D eigenvalue weighted by Crippen LogP contribution is 2.31. The van der Waals surface area contributed by atoms with Gasteiger partial charge in [0.05, 0.1) is 22.4 Å². The van der Waals surface area contributed by atoms with E-state index >= 15 is 0 Å². The average molecular weight is 442 g/mol. The molecule has 1 aliphatic heterocycles. The van der Waals surface area contributed by atoms with Crippen LogP contribution in [-0.2, 0) is 6.42 Å². The third kappa shape index (κ3) is 4.47. The van der Waals surface area contributed by atoms with Gasteiger partial charge < -0.3 is 20.1 Å². The standard InChI is InChI=1S/C27H27N3O3/c1-27(2,32)16-33-20-10-6-17(7-11-20)5-9-19-14-22-18(15-29-19)8-12-21-24-23(30-25(21)22)4-3-13-28-26(24)31/h5-12,14-15,30,32H,3-4,13,16H2,1-2H3,(H,28,31)/b9-5+. The molecule has 0 atom stereocenters. The molecule has 0 saturated heterocycles. The number of amides is 1. The maximum atomic E-state index is 12.6. The number of hydrogen-bond acceptors (Lipinski definition) is 4. The molecule has 6 nitrogen and oxygen atoms in total. The van der Waals surface area contributed by atoms with Crippen molar-refractivity contribution in [3.05, 3.63) is 71.2 Å². The van der Waals surface area contributed by atoms with Crippen molar-refractivity contribution in [2.45, 2.75) is 32.3 Å². The van der Waals surface area contributed by atoms with E-state index in [4.69, 9.17) is 4.74 Å². The zero-order valence-corrected chi connectivity index (χ0v) is 18.8. The SMILES string of the molecule is CC(C)(O)COc1ccc(/C=C/c2cc3c(ccc4c5c([nH]c43)CCCNC5=O)cn2)cc1. The number of benzene rings is 2. The predicted octanol–water partition coefficient (Wildman–Crippen LogP) is 4.71.